The van der Waals surface area contributed by atoms with Gasteiger partial charge in [0.05, 0.1) is 6.61 Å². The van der Waals surface area contributed by atoms with Gasteiger partial charge in [-0.15, -0.1) is 0 Å². The van der Waals surface area contributed by atoms with Crippen molar-refractivity contribution in [2.75, 3.05) is 20.2 Å². The van der Waals surface area contributed by atoms with E-state index in [2.05, 4.69) is 0 Å². The van der Waals surface area contributed by atoms with Crippen LogP contribution in [0, 0.1) is 11.2 Å². The number of carbonyl (C=O) groups is 1. The predicted octanol–water partition coefficient (Wildman–Crippen LogP) is 4.36. The van der Waals surface area contributed by atoms with E-state index in [0.29, 0.717) is 23.2 Å². The molecule has 1 N–H and O–H groups in total. The molecule has 0 aliphatic carbocycles. The second kappa shape index (κ2) is 8.26. The molecule has 0 atom stereocenters. The Labute approximate surface area is 149 Å². The first-order chi connectivity index (χ1) is 12.0. The summed E-state index contributed by atoms with van der Waals surface area (Å²) in [6.07, 6.45) is 1.57. The zero-order chi connectivity index (χ0) is 18.4. The summed E-state index contributed by atoms with van der Waals surface area (Å²) in [6.45, 7) is 4.53. The van der Waals surface area contributed by atoms with Crippen molar-refractivity contribution in [2.24, 2.45) is 5.41 Å². The summed E-state index contributed by atoms with van der Waals surface area (Å²) in [5, 5.41) is 9.76. The lowest BCUT2D eigenvalue weighted by molar-refractivity contribution is 0.0545. The highest BCUT2D eigenvalue weighted by atomic mass is 19.1. The molecule has 25 heavy (non-hydrogen) atoms. The number of aliphatic hydroxyl groups is 1. The van der Waals surface area contributed by atoms with E-state index in [1.165, 1.54) is 6.07 Å². The van der Waals surface area contributed by atoms with Crippen LogP contribution >= 0.6 is 0 Å². The molecule has 1 amide bonds. The van der Waals surface area contributed by atoms with Gasteiger partial charge in [0.2, 0.25) is 0 Å². The second-order valence-electron chi connectivity index (χ2n) is 6.55. The number of carbonyl (C=O) groups excluding carboxylic acids is 1. The maximum absolute atomic E-state index is 14.2. The van der Waals surface area contributed by atoms with Crippen LogP contribution in [0.3, 0.4) is 0 Å². The number of hydrogen-bond acceptors (Lipinski definition) is 2. The van der Waals surface area contributed by atoms with Crippen LogP contribution < -0.4 is 0 Å². The molecule has 0 fully saturated rings. The molecule has 0 aliphatic rings. The summed E-state index contributed by atoms with van der Waals surface area (Å²) in [6, 6.07) is 13.5. The summed E-state index contributed by atoms with van der Waals surface area (Å²) < 4.78 is 14.2. The molecule has 2 aromatic rings. The minimum atomic E-state index is -0.350. The van der Waals surface area contributed by atoms with Crippen molar-refractivity contribution in [3.8, 4) is 11.1 Å². The van der Waals surface area contributed by atoms with Crippen molar-refractivity contribution >= 4 is 5.91 Å². The number of hydrogen-bond donors (Lipinski definition) is 1. The van der Waals surface area contributed by atoms with E-state index < -0.39 is 0 Å². The van der Waals surface area contributed by atoms with E-state index in [4.69, 9.17) is 0 Å². The standard InChI is InChI=1S/C21H26FNO2/c1-4-21(5-2,15-24)14-23(3)20(25)18-12-7-6-10-16(18)17-11-8-9-13-19(17)22/h6-13,24H,4-5,14-15H2,1-3H3. The molecule has 0 radical (unpaired) electrons. The van der Waals surface area contributed by atoms with E-state index in [9.17, 15) is 14.3 Å². The van der Waals surface area contributed by atoms with Crippen LogP contribution in [0.15, 0.2) is 48.5 Å². The van der Waals surface area contributed by atoms with E-state index >= 15 is 0 Å². The van der Waals surface area contributed by atoms with Crippen molar-refractivity contribution in [3.63, 3.8) is 0 Å². The molecule has 3 nitrogen and oxygen atoms in total. The van der Waals surface area contributed by atoms with Crippen molar-refractivity contribution in [3.05, 3.63) is 59.9 Å². The van der Waals surface area contributed by atoms with Crippen LogP contribution in [-0.4, -0.2) is 36.1 Å². The number of rotatable bonds is 7. The third-order valence-electron chi connectivity index (χ3n) is 5.08. The minimum Gasteiger partial charge on any atom is -0.396 e. The summed E-state index contributed by atoms with van der Waals surface area (Å²) in [5.74, 6) is -0.518. The molecule has 134 valence electrons. The van der Waals surface area contributed by atoms with Gasteiger partial charge in [0.25, 0.3) is 5.91 Å². The highest BCUT2D eigenvalue weighted by Crippen LogP contribution is 2.30. The molecule has 0 unspecified atom stereocenters. The lowest BCUT2D eigenvalue weighted by Gasteiger charge is -2.34. The first-order valence-corrected chi connectivity index (χ1v) is 8.68. The summed E-state index contributed by atoms with van der Waals surface area (Å²) in [4.78, 5) is 14.6. The Morgan fingerprint density at radius 1 is 1.04 bits per heavy atom. The SMILES string of the molecule is CCC(CC)(CO)CN(C)C(=O)c1ccccc1-c1ccccc1F. The third kappa shape index (κ3) is 4.07. The van der Waals surface area contributed by atoms with Crippen LogP contribution in [0.2, 0.25) is 0 Å². The molecule has 0 bridgehead atoms. The molecule has 0 heterocycles. The molecule has 0 aromatic heterocycles. The fourth-order valence-corrected chi connectivity index (χ4v) is 3.11. The average Bonchev–Trinajstić information content (AvgIpc) is 2.66. The molecule has 0 aliphatic heterocycles. The Morgan fingerprint density at radius 3 is 2.16 bits per heavy atom. The number of nitrogens with zero attached hydrogens (tertiary/aromatic N) is 1. The highest BCUT2D eigenvalue weighted by Gasteiger charge is 2.29. The maximum atomic E-state index is 14.2. The molecular formula is C21H26FNO2. The molecular weight excluding hydrogens is 317 g/mol. The summed E-state index contributed by atoms with van der Waals surface area (Å²) in [5.41, 5.74) is 1.16. The zero-order valence-corrected chi connectivity index (χ0v) is 15.1. The number of aliphatic hydroxyl groups excluding tert-OH is 1. The molecule has 4 heteroatoms. The van der Waals surface area contributed by atoms with Gasteiger partial charge in [0, 0.05) is 30.1 Å². The first-order valence-electron chi connectivity index (χ1n) is 8.68. The predicted molar refractivity (Wildman–Crippen MR) is 98.9 cm³/mol. The van der Waals surface area contributed by atoms with Crippen molar-refractivity contribution in [1.82, 2.24) is 4.90 Å². The first kappa shape index (κ1) is 19.1. The molecule has 2 rings (SSSR count). The normalized spacial score (nSPS) is 11.4. The van der Waals surface area contributed by atoms with E-state index in [1.807, 2.05) is 13.8 Å². The monoisotopic (exact) mass is 343 g/mol. The van der Waals surface area contributed by atoms with Crippen molar-refractivity contribution in [1.29, 1.82) is 0 Å². The van der Waals surface area contributed by atoms with Gasteiger partial charge in [0.1, 0.15) is 5.82 Å². The van der Waals surface area contributed by atoms with Crippen LogP contribution in [0.4, 0.5) is 4.39 Å². The van der Waals surface area contributed by atoms with Gasteiger partial charge in [-0.25, -0.2) is 4.39 Å². The van der Waals surface area contributed by atoms with Crippen molar-refractivity contribution < 1.29 is 14.3 Å². The van der Waals surface area contributed by atoms with Crippen molar-refractivity contribution in [2.45, 2.75) is 26.7 Å². The zero-order valence-electron chi connectivity index (χ0n) is 15.1. The van der Waals surface area contributed by atoms with E-state index in [-0.39, 0.29) is 23.7 Å². The fraction of sp³-hybridized carbons (Fsp3) is 0.381. The van der Waals surface area contributed by atoms with E-state index in [0.717, 1.165) is 12.8 Å². The van der Waals surface area contributed by atoms with Gasteiger partial charge in [-0.05, 0) is 30.5 Å². The second-order valence-corrected chi connectivity index (χ2v) is 6.55. The largest absolute Gasteiger partial charge is 0.396 e. The summed E-state index contributed by atoms with van der Waals surface area (Å²) in [7, 11) is 1.73. The Balaban J connectivity index is 2.36. The Hall–Kier alpha value is -2.20. The Bertz CT molecular complexity index is 717. The number of benzene rings is 2. The maximum Gasteiger partial charge on any atom is 0.254 e. The number of halogens is 1. The lowest BCUT2D eigenvalue weighted by atomic mass is 9.82. The van der Waals surface area contributed by atoms with Crippen LogP contribution in [-0.2, 0) is 0 Å². The Morgan fingerprint density at radius 2 is 1.60 bits per heavy atom. The van der Waals surface area contributed by atoms with Gasteiger partial charge >= 0.3 is 0 Å². The highest BCUT2D eigenvalue weighted by molar-refractivity contribution is 6.00. The lowest BCUT2D eigenvalue weighted by Crippen LogP contribution is -2.40. The molecule has 2 aromatic carbocycles. The van der Waals surface area contributed by atoms with Gasteiger partial charge in [-0.3, -0.25) is 4.79 Å². The smallest absolute Gasteiger partial charge is 0.254 e. The third-order valence-corrected chi connectivity index (χ3v) is 5.08. The van der Waals surface area contributed by atoms with Gasteiger partial charge in [-0.1, -0.05) is 50.2 Å². The quantitative estimate of drug-likeness (QED) is 0.811. The van der Waals surface area contributed by atoms with Crippen LogP contribution in [0.5, 0.6) is 0 Å². The summed E-state index contributed by atoms with van der Waals surface area (Å²) >= 11 is 0. The molecule has 0 saturated heterocycles. The van der Waals surface area contributed by atoms with Gasteiger partial charge in [-0.2, -0.15) is 0 Å². The van der Waals surface area contributed by atoms with Crippen LogP contribution in [0.1, 0.15) is 37.0 Å². The van der Waals surface area contributed by atoms with Gasteiger partial charge < -0.3 is 10.0 Å². The minimum absolute atomic E-state index is 0.0343. The van der Waals surface area contributed by atoms with Crippen LogP contribution in [0.25, 0.3) is 11.1 Å². The average molecular weight is 343 g/mol. The molecule has 0 saturated carbocycles. The van der Waals surface area contributed by atoms with Gasteiger partial charge in [0.15, 0.2) is 0 Å². The fourth-order valence-electron chi connectivity index (χ4n) is 3.11. The topological polar surface area (TPSA) is 40.5 Å². The number of amides is 1. The van der Waals surface area contributed by atoms with E-state index in [1.54, 1.807) is 54.4 Å². The Kier molecular flexibility index (Phi) is 6.32. The molecule has 0 spiro atoms.